The number of anilines is 1. The molecule has 0 saturated carbocycles. The maximum Gasteiger partial charge on any atom is 0.305 e. The molecule has 2 aromatic rings. The van der Waals surface area contributed by atoms with Gasteiger partial charge in [0, 0.05) is 13.6 Å². The molecule has 6 heteroatoms. The van der Waals surface area contributed by atoms with Crippen LogP contribution in [0.5, 0.6) is 0 Å². The second-order valence-electron chi connectivity index (χ2n) is 3.82. The van der Waals surface area contributed by atoms with Gasteiger partial charge in [-0.2, -0.15) is 0 Å². The van der Waals surface area contributed by atoms with Crippen molar-refractivity contribution >= 4 is 23.1 Å². The van der Waals surface area contributed by atoms with Crippen molar-refractivity contribution < 1.29 is 9.90 Å². The molecule has 0 radical (unpaired) electrons. The summed E-state index contributed by atoms with van der Waals surface area (Å²) in [5.74, 6) is -0.137. The molecule has 2 aromatic heterocycles. The lowest BCUT2D eigenvalue weighted by Crippen LogP contribution is -2.22. The van der Waals surface area contributed by atoms with E-state index in [1.54, 1.807) is 23.3 Å². The number of carboxylic acids is 1. The number of thiophene rings is 1. The largest absolute Gasteiger partial charge is 0.481 e. The Bertz CT molecular complexity index is 511. The van der Waals surface area contributed by atoms with Crippen molar-refractivity contribution in [2.75, 3.05) is 18.5 Å². The van der Waals surface area contributed by atoms with E-state index in [1.807, 2.05) is 29.6 Å². The van der Waals surface area contributed by atoms with Crippen LogP contribution in [0.2, 0.25) is 0 Å². The Kier molecular flexibility index (Phi) is 3.88. The molecule has 0 aliphatic rings. The van der Waals surface area contributed by atoms with Crippen molar-refractivity contribution in [1.82, 2.24) is 10.2 Å². The SMILES string of the molecule is CN(CCC(=O)O)c1ccc(-c2cccs2)nn1. The first-order valence-electron chi connectivity index (χ1n) is 5.47. The molecule has 0 amide bonds. The molecule has 0 bridgehead atoms. The van der Waals surface area contributed by atoms with Gasteiger partial charge in [0.05, 0.1) is 11.3 Å². The zero-order chi connectivity index (χ0) is 13.0. The Morgan fingerprint density at radius 3 is 2.78 bits per heavy atom. The van der Waals surface area contributed by atoms with Crippen LogP contribution >= 0.6 is 11.3 Å². The number of nitrogens with zero attached hydrogens (tertiary/aromatic N) is 3. The average Bonchev–Trinajstić information content (AvgIpc) is 2.90. The summed E-state index contributed by atoms with van der Waals surface area (Å²) >= 11 is 1.61. The molecule has 94 valence electrons. The van der Waals surface area contributed by atoms with Crippen LogP contribution in [-0.4, -0.2) is 34.9 Å². The third kappa shape index (κ3) is 3.04. The van der Waals surface area contributed by atoms with Gasteiger partial charge in [0.15, 0.2) is 5.82 Å². The zero-order valence-electron chi connectivity index (χ0n) is 9.91. The zero-order valence-corrected chi connectivity index (χ0v) is 10.7. The summed E-state index contributed by atoms with van der Waals surface area (Å²) in [6.45, 7) is 0.419. The Hall–Kier alpha value is -1.95. The highest BCUT2D eigenvalue weighted by Gasteiger charge is 2.07. The highest BCUT2D eigenvalue weighted by atomic mass is 32.1. The molecule has 0 aliphatic heterocycles. The summed E-state index contributed by atoms with van der Waals surface area (Å²) < 4.78 is 0. The highest BCUT2D eigenvalue weighted by Crippen LogP contribution is 2.22. The van der Waals surface area contributed by atoms with Crippen molar-refractivity contribution in [2.24, 2.45) is 0 Å². The summed E-state index contributed by atoms with van der Waals surface area (Å²) in [6, 6.07) is 7.70. The minimum Gasteiger partial charge on any atom is -0.481 e. The Morgan fingerprint density at radius 2 is 2.22 bits per heavy atom. The van der Waals surface area contributed by atoms with Gasteiger partial charge >= 0.3 is 5.97 Å². The van der Waals surface area contributed by atoms with Gasteiger partial charge in [-0.3, -0.25) is 4.79 Å². The van der Waals surface area contributed by atoms with Gasteiger partial charge in [0.2, 0.25) is 0 Å². The summed E-state index contributed by atoms with van der Waals surface area (Å²) in [4.78, 5) is 13.3. The van der Waals surface area contributed by atoms with Crippen molar-refractivity contribution in [2.45, 2.75) is 6.42 Å². The molecule has 1 N–H and O–H groups in total. The van der Waals surface area contributed by atoms with Gasteiger partial charge in [-0.05, 0) is 23.6 Å². The Morgan fingerprint density at radius 1 is 1.39 bits per heavy atom. The number of aliphatic carboxylic acids is 1. The monoisotopic (exact) mass is 263 g/mol. The molecule has 0 unspecified atom stereocenters. The summed E-state index contributed by atoms with van der Waals surface area (Å²) in [5, 5.41) is 18.8. The average molecular weight is 263 g/mol. The van der Waals surface area contributed by atoms with E-state index in [0.717, 1.165) is 10.6 Å². The van der Waals surface area contributed by atoms with E-state index in [-0.39, 0.29) is 6.42 Å². The van der Waals surface area contributed by atoms with E-state index >= 15 is 0 Å². The smallest absolute Gasteiger partial charge is 0.305 e. The van der Waals surface area contributed by atoms with E-state index in [1.165, 1.54) is 0 Å². The number of carbonyl (C=O) groups is 1. The second kappa shape index (κ2) is 5.59. The van der Waals surface area contributed by atoms with Crippen LogP contribution in [-0.2, 0) is 4.79 Å². The first-order valence-corrected chi connectivity index (χ1v) is 6.35. The topological polar surface area (TPSA) is 66.3 Å². The van der Waals surface area contributed by atoms with Gasteiger partial charge < -0.3 is 10.0 Å². The number of aromatic nitrogens is 2. The lowest BCUT2D eigenvalue weighted by Gasteiger charge is -2.16. The van der Waals surface area contributed by atoms with Crippen LogP contribution < -0.4 is 4.90 Å². The molecule has 0 aliphatic carbocycles. The van der Waals surface area contributed by atoms with Crippen LogP contribution in [0.1, 0.15) is 6.42 Å². The summed E-state index contributed by atoms with van der Waals surface area (Å²) in [5.41, 5.74) is 0.834. The minimum absolute atomic E-state index is 0.0882. The first kappa shape index (κ1) is 12.5. The highest BCUT2D eigenvalue weighted by molar-refractivity contribution is 7.13. The lowest BCUT2D eigenvalue weighted by molar-refractivity contribution is -0.136. The van der Waals surface area contributed by atoms with Crippen molar-refractivity contribution in [3.63, 3.8) is 0 Å². The van der Waals surface area contributed by atoms with Gasteiger partial charge in [0.1, 0.15) is 5.69 Å². The van der Waals surface area contributed by atoms with Crippen molar-refractivity contribution in [3.8, 4) is 10.6 Å². The molecule has 0 aromatic carbocycles. The Labute approximate surface area is 109 Å². The van der Waals surface area contributed by atoms with Gasteiger partial charge in [-0.15, -0.1) is 21.5 Å². The Balaban J connectivity index is 2.05. The summed E-state index contributed by atoms with van der Waals surface area (Å²) in [7, 11) is 1.80. The van der Waals surface area contributed by atoms with E-state index in [0.29, 0.717) is 12.4 Å². The predicted molar refractivity (Wildman–Crippen MR) is 70.9 cm³/mol. The number of rotatable bonds is 5. The van der Waals surface area contributed by atoms with E-state index < -0.39 is 5.97 Å². The fourth-order valence-electron chi connectivity index (χ4n) is 1.46. The molecule has 2 heterocycles. The molecule has 18 heavy (non-hydrogen) atoms. The molecular formula is C12H13N3O2S. The minimum atomic E-state index is -0.815. The van der Waals surface area contributed by atoms with E-state index in [9.17, 15) is 4.79 Å². The molecule has 0 fully saturated rings. The maximum atomic E-state index is 10.5. The number of hydrogen-bond acceptors (Lipinski definition) is 5. The maximum absolute atomic E-state index is 10.5. The lowest BCUT2D eigenvalue weighted by atomic mass is 10.3. The fourth-order valence-corrected chi connectivity index (χ4v) is 2.15. The van der Waals surface area contributed by atoms with Gasteiger partial charge in [0.25, 0.3) is 0 Å². The summed E-state index contributed by atoms with van der Waals surface area (Å²) in [6.07, 6.45) is 0.0882. The molecule has 2 rings (SSSR count). The second-order valence-corrected chi connectivity index (χ2v) is 4.77. The van der Waals surface area contributed by atoms with E-state index in [2.05, 4.69) is 10.2 Å². The third-order valence-corrected chi connectivity index (χ3v) is 3.37. The fraction of sp³-hybridized carbons (Fsp3) is 0.250. The normalized spacial score (nSPS) is 10.3. The molecule has 0 saturated heterocycles. The van der Waals surface area contributed by atoms with Crippen LogP contribution in [0.3, 0.4) is 0 Å². The van der Waals surface area contributed by atoms with Gasteiger partial charge in [-0.25, -0.2) is 0 Å². The van der Waals surface area contributed by atoms with Gasteiger partial charge in [-0.1, -0.05) is 6.07 Å². The molecular weight excluding hydrogens is 250 g/mol. The third-order valence-electron chi connectivity index (χ3n) is 2.48. The molecule has 5 nitrogen and oxygen atoms in total. The number of hydrogen-bond donors (Lipinski definition) is 1. The van der Waals surface area contributed by atoms with Crippen LogP contribution in [0.15, 0.2) is 29.6 Å². The van der Waals surface area contributed by atoms with Crippen molar-refractivity contribution in [3.05, 3.63) is 29.6 Å². The predicted octanol–water partition coefficient (Wildman–Crippen LogP) is 2.12. The van der Waals surface area contributed by atoms with Crippen LogP contribution in [0, 0.1) is 0 Å². The molecule has 0 spiro atoms. The molecule has 0 atom stereocenters. The first-order chi connectivity index (χ1) is 8.66. The van der Waals surface area contributed by atoms with Crippen LogP contribution in [0.4, 0.5) is 5.82 Å². The van der Waals surface area contributed by atoms with E-state index in [4.69, 9.17) is 5.11 Å². The number of carboxylic acid groups (broad SMARTS) is 1. The standard InChI is InChI=1S/C12H13N3O2S/c1-15(7-6-12(16)17)11-5-4-9(13-14-11)10-3-2-8-18-10/h2-5,8H,6-7H2,1H3,(H,16,17). The quantitative estimate of drug-likeness (QED) is 0.895. The van der Waals surface area contributed by atoms with Crippen molar-refractivity contribution in [1.29, 1.82) is 0 Å². The van der Waals surface area contributed by atoms with Crippen LogP contribution in [0.25, 0.3) is 10.6 Å².